The molecule has 0 saturated carbocycles. The SMILES string of the molecule is Nc1ccc(-c2ccc(Cl)c([N+](=O)[O-])c2)cc1. The highest BCUT2D eigenvalue weighted by Crippen LogP contribution is 2.30. The van der Waals surface area contributed by atoms with Gasteiger partial charge in [-0.25, -0.2) is 0 Å². The van der Waals surface area contributed by atoms with Gasteiger partial charge in [0.2, 0.25) is 0 Å². The number of nitrogens with two attached hydrogens (primary N) is 1. The summed E-state index contributed by atoms with van der Waals surface area (Å²) < 4.78 is 0. The van der Waals surface area contributed by atoms with Gasteiger partial charge in [0.1, 0.15) is 5.02 Å². The Morgan fingerprint density at radius 2 is 1.65 bits per heavy atom. The van der Waals surface area contributed by atoms with Gasteiger partial charge in [-0.1, -0.05) is 29.8 Å². The van der Waals surface area contributed by atoms with Crippen LogP contribution in [0.2, 0.25) is 5.02 Å². The van der Waals surface area contributed by atoms with Crippen LogP contribution in [0.15, 0.2) is 42.5 Å². The smallest absolute Gasteiger partial charge is 0.288 e. The van der Waals surface area contributed by atoms with Crippen LogP contribution in [-0.2, 0) is 0 Å². The van der Waals surface area contributed by atoms with Crippen molar-refractivity contribution in [3.8, 4) is 11.1 Å². The van der Waals surface area contributed by atoms with Crippen molar-refractivity contribution in [3.05, 3.63) is 57.6 Å². The molecule has 0 heterocycles. The van der Waals surface area contributed by atoms with Crippen LogP contribution < -0.4 is 5.73 Å². The van der Waals surface area contributed by atoms with Gasteiger partial charge in [-0.3, -0.25) is 10.1 Å². The van der Waals surface area contributed by atoms with Crippen molar-refractivity contribution >= 4 is 23.0 Å². The molecule has 0 unspecified atom stereocenters. The highest BCUT2D eigenvalue weighted by atomic mass is 35.5. The van der Waals surface area contributed by atoms with Crippen molar-refractivity contribution in [2.45, 2.75) is 0 Å². The van der Waals surface area contributed by atoms with Crippen molar-refractivity contribution in [3.63, 3.8) is 0 Å². The fraction of sp³-hybridized carbons (Fsp3) is 0. The van der Waals surface area contributed by atoms with Gasteiger partial charge in [-0.15, -0.1) is 0 Å². The number of hydrogen-bond acceptors (Lipinski definition) is 3. The summed E-state index contributed by atoms with van der Waals surface area (Å²) in [5, 5.41) is 10.9. The standard InChI is InChI=1S/C12H9ClN2O2/c13-11-6-3-9(7-12(11)15(16)17)8-1-4-10(14)5-2-8/h1-7H,14H2. The maximum atomic E-state index is 10.8. The van der Waals surface area contributed by atoms with Gasteiger partial charge < -0.3 is 5.73 Å². The van der Waals surface area contributed by atoms with Crippen LogP contribution in [0.25, 0.3) is 11.1 Å². The van der Waals surface area contributed by atoms with E-state index in [0.717, 1.165) is 11.1 Å². The molecule has 86 valence electrons. The molecular weight excluding hydrogens is 240 g/mol. The average molecular weight is 249 g/mol. The summed E-state index contributed by atoms with van der Waals surface area (Å²) in [5.74, 6) is 0. The van der Waals surface area contributed by atoms with Crippen LogP contribution >= 0.6 is 11.6 Å². The van der Waals surface area contributed by atoms with E-state index in [9.17, 15) is 10.1 Å². The van der Waals surface area contributed by atoms with Crippen LogP contribution in [0, 0.1) is 10.1 Å². The number of nitrogens with zero attached hydrogens (tertiary/aromatic N) is 1. The summed E-state index contributed by atoms with van der Waals surface area (Å²) in [6.07, 6.45) is 0. The molecule has 0 aromatic heterocycles. The van der Waals surface area contributed by atoms with E-state index in [1.807, 2.05) is 12.1 Å². The number of nitro groups is 1. The molecule has 0 aliphatic rings. The Morgan fingerprint density at radius 1 is 1.06 bits per heavy atom. The summed E-state index contributed by atoms with van der Waals surface area (Å²) in [6, 6.07) is 11.8. The van der Waals surface area contributed by atoms with E-state index in [0.29, 0.717) is 5.69 Å². The Morgan fingerprint density at radius 3 is 2.24 bits per heavy atom. The van der Waals surface area contributed by atoms with Crippen LogP contribution in [0.4, 0.5) is 11.4 Å². The van der Waals surface area contributed by atoms with Crippen molar-refractivity contribution in [2.75, 3.05) is 5.73 Å². The molecule has 2 aromatic carbocycles. The first-order valence-electron chi connectivity index (χ1n) is 4.88. The molecule has 0 radical (unpaired) electrons. The number of rotatable bonds is 2. The Bertz CT molecular complexity index is 567. The quantitative estimate of drug-likeness (QED) is 0.502. The van der Waals surface area contributed by atoms with Crippen molar-refractivity contribution in [2.24, 2.45) is 0 Å². The van der Waals surface area contributed by atoms with Crippen LogP contribution in [0.3, 0.4) is 0 Å². The molecule has 2 N–H and O–H groups in total. The lowest BCUT2D eigenvalue weighted by Crippen LogP contribution is -1.90. The molecule has 17 heavy (non-hydrogen) atoms. The van der Waals surface area contributed by atoms with Crippen LogP contribution in [0.5, 0.6) is 0 Å². The van der Waals surface area contributed by atoms with E-state index < -0.39 is 4.92 Å². The molecule has 0 fully saturated rings. The second-order valence-electron chi connectivity index (χ2n) is 3.55. The molecular formula is C12H9ClN2O2. The number of anilines is 1. The summed E-state index contributed by atoms with van der Waals surface area (Å²) >= 11 is 5.74. The lowest BCUT2D eigenvalue weighted by Gasteiger charge is -2.03. The van der Waals surface area contributed by atoms with E-state index in [-0.39, 0.29) is 10.7 Å². The predicted molar refractivity (Wildman–Crippen MR) is 68.0 cm³/mol. The number of halogens is 1. The summed E-state index contributed by atoms with van der Waals surface area (Å²) in [6.45, 7) is 0. The number of hydrogen-bond donors (Lipinski definition) is 1. The first-order chi connectivity index (χ1) is 8.08. The lowest BCUT2D eigenvalue weighted by atomic mass is 10.0. The largest absolute Gasteiger partial charge is 0.399 e. The van der Waals surface area contributed by atoms with Crippen LogP contribution in [0.1, 0.15) is 0 Å². The van der Waals surface area contributed by atoms with Gasteiger partial charge in [0.25, 0.3) is 5.69 Å². The molecule has 0 aliphatic carbocycles. The molecule has 0 amide bonds. The highest BCUT2D eigenvalue weighted by molar-refractivity contribution is 6.32. The normalized spacial score (nSPS) is 10.2. The predicted octanol–water partition coefficient (Wildman–Crippen LogP) is 3.50. The zero-order valence-corrected chi connectivity index (χ0v) is 9.52. The van der Waals surface area contributed by atoms with Gasteiger partial charge in [-0.05, 0) is 29.3 Å². The van der Waals surface area contributed by atoms with Gasteiger partial charge in [-0.2, -0.15) is 0 Å². The highest BCUT2D eigenvalue weighted by Gasteiger charge is 2.13. The molecule has 0 atom stereocenters. The second kappa shape index (κ2) is 4.43. The molecule has 2 aromatic rings. The number of benzene rings is 2. The first-order valence-corrected chi connectivity index (χ1v) is 5.25. The second-order valence-corrected chi connectivity index (χ2v) is 3.95. The molecule has 4 nitrogen and oxygen atoms in total. The minimum atomic E-state index is -0.497. The maximum Gasteiger partial charge on any atom is 0.288 e. The minimum absolute atomic E-state index is 0.0963. The lowest BCUT2D eigenvalue weighted by molar-refractivity contribution is -0.384. The summed E-state index contributed by atoms with van der Waals surface area (Å²) in [7, 11) is 0. The van der Waals surface area contributed by atoms with Gasteiger partial charge in [0.15, 0.2) is 0 Å². The Balaban J connectivity index is 2.50. The summed E-state index contributed by atoms with van der Waals surface area (Å²) in [5.41, 5.74) is 7.73. The first kappa shape index (κ1) is 11.4. The van der Waals surface area contributed by atoms with Crippen molar-refractivity contribution < 1.29 is 4.92 Å². The average Bonchev–Trinajstić information content (AvgIpc) is 2.30. The number of nitro benzene ring substituents is 1. The summed E-state index contributed by atoms with van der Waals surface area (Å²) in [4.78, 5) is 10.3. The van der Waals surface area contributed by atoms with E-state index in [1.54, 1.807) is 18.2 Å². The Kier molecular flexibility index (Phi) is 2.97. The zero-order valence-electron chi connectivity index (χ0n) is 8.76. The maximum absolute atomic E-state index is 10.8. The van der Waals surface area contributed by atoms with E-state index in [4.69, 9.17) is 17.3 Å². The molecule has 0 bridgehead atoms. The topological polar surface area (TPSA) is 69.2 Å². The molecule has 2 rings (SSSR count). The third-order valence-electron chi connectivity index (χ3n) is 2.39. The molecule has 5 heteroatoms. The number of nitrogen functional groups attached to an aromatic ring is 1. The Hall–Kier alpha value is -2.07. The monoisotopic (exact) mass is 248 g/mol. The van der Waals surface area contributed by atoms with E-state index in [1.165, 1.54) is 12.1 Å². The van der Waals surface area contributed by atoms with Crippen molar-refractivity contribution in [1.82, 2.24) is 0 Å². The van der Waals surface area contributed by atoms with E-state index in [2.05, 4.69) is 0 Å². The fourth-order valence-electron chi connectivity index (χ4n) is 1.51. The Labute approximate surface area is 103 Å². The zero-order chi connectivity index (χ0) is 12.4. The third kappa shape index (κ3) is 2.37. The van der Waals surface area contributed by atoms with Crippen LogP contribution in [-0.4, -0.2) is 4.92 Å². The van der Waals surface area contributed by atoms with E-state index >= 15 is 0 Å². The van der Waals surface area contributed by atoms with Crippen molar-refractivity contribution in [1.29, 1.82) is 0 Å². The minimum Gasteiger partial charge on any atom is -0.399 e. The van der Waals surface area contributed by atoms with Gasteiger partial charge >= 0.3 is 0 Å². The molecule has 0 spiro atoms. The van der Waals surface area contributed by atoms with Gasteiger partial charge in [0, 0.05) is 11.8 Å². The fourth-order valence-corrected chi connectivity index (χ4v) is 1.69. The van der Waals surface area contributed by atoms with Gasteiger partial charge in [0.05, 0.1) is 4.92 Å². The third-order valence-corrected chi connectivity index (χ3v) is 2.71. The molecule has 0 saturated heterocycles. The molecule has 0 aliphatic heterocycles.